The molecular formula is C15H18N2O. The van der Waals surface area contributed by atoms with Gasteiger partial charge in [-0.25, -0.2) is 0 Å². The van der Waals surface area contributed by atoms with Crippen molar-refractivity contribution in [2.45, 2.75) is 13.0 Å². The number of hydrogen-bond acceptors (Lipinski definition) is 3. The first kappa shape index (κ1) is 12.6. The van der Waals surface area contributed by atoms with E-state index < -0.39 is 0 Å². The molecule has 0 saturated heterocycles. The molecule has 2 rings (SSSR count). The number of methoxy groups -OCH3 is 1. The number of aromatic nitrogens is 1. The summed E-state index contributed by atoms with van der Waals surface area (Å²) in [5.41, 5.74) is 3.25. The predicted octanol–water partition coefficient (Wildman–Crippen LogP) is 3.19. The molecule has 0 aliphatic carbocycles. The fourth-order valence-electron chi connectivity index (χ4n) is 1.90. The lowest BCUT2D eigenvalue weighted by atomic mass is 10.1. The third-order valence-electron chi connectivity index (χ3n) is 2.87. The average Bonchev–Trinajstić information content (AvgIpc) is 2.42. The van der Waals surface area contributed by atoms with Crippen LogP contribution in [0.25, 0.3) is 0 Å². The summed E-state index contributed by atoms with van der Waals surface area (Å²) < 4.78 is 5.29. The van der Waals surface area contributed by atoms with Gasteiger partial charge in [0.2, 0.25) is 0 Å². The normalized spacial score (nSPS) is 12.1. The SMILES string of the molecule is COCC(Nc1cccnc1C)c1ccccc1. The first-order valence-electron chi connectivity index (χ1n) is 6.03. The van der Waals surface area contributed by atoms with Crippen molar-refractivity contribution in [2.24, 2.45) is 0 Å². The molecule has 1 unspecified atom stereocenters. The van der Waals surface area contributed by atoms with Crippen LogP contribution < -0.4 is 5.32 Å². The molecule has 3 nitrogen and oxygen atoms in total. The summed E-state index contributed by atoms with van der Waals surface area (Å²) in [6, 6.07) is 14.4. The highest BCUT2D eigenvalue weighted by Crippen LogP contribution is 2.21. The van der Waals surface area contributed by atoms with Crippen molar-refractivity contribution in [1.82, 2.24) is 4.98 Å². The van der Waals surface area contributed by atoms with E-state index in [-0.39, 0.29) is 6.04 Å². The molecule has 0 aliphatic heterocycles. The van der Waals surface area contributed by atoms with Crippen LogP contribution in [0.5, 0.6) is 0 Å². The quantitative estimate of drug-likeness (QED) is 0.874. The lowest BCUT2D eigenvalue weighted by Crippen LogP contribution is -2.17. The number of nitrogens with one attached hydrogen (secondary N) is 1. The Hall–Kier alpha value is -1.87. The molecule has 18 heavy (non-hydrogen) atoms. The predicted molar refractivity (Wildman–Crippen MR) is 73.7 cm³/mol. The van der Waals surface area contributed by atoms with Gasteiger partial charge in [-0.2, -0.15) is 0 Å². The van der Waals surface area contributed by atoms with Gasteiger partial charge in [-0.3, -0.25) is 4.98 Å². The summed E-state index contributed by atoms with van der Waals surface area (Å²) in [7, 11) is 1.72. The summed E-state index contributed by atoms with van der Waals surface area (Å²) in [5.74, 6) is 0. The van der Waals surface area contributed by atoms with Gasteiger partial charge in [0.25, 0.3) is 0 Å². The number of hydrogen-bond donors (Lipinski definition) is 1. The van der Waals surface area contributed by atoms with E-state index in [1.54, 1.807) is 13.3 Å². The molecular weight excluding hydrogens is 224 g/mol. The lowest BCUT2D eigenvalue weighted by molar-refractivity contribution is 0.186. The minimum Gasteiger partial charge on any atom is -0.382 e. The molecule has 0 fully saturated rings. The first-order valence-corrected chi connectivity index (χ1v) is 6.03. The number of pyridine rings is 1. The van der Waals surface area contributed by atoms with Crippen molar-refractivity contribution in [3.05, 3.63) is 59.9 Å². The van der Waals surface area contributed by atoms with Gasteiger partial charge >= 0.3 is 0 Å². The summed E-state index contributed by atoms with van der Waals surface area (Å²) in [5, 5.41) is 3.48. The molecule has 0 bridgehead atoms. The van der Waals surface area contributed by atoms with Gasteiger partial charge in [0.05, 0.1) is 24.0 Å². The molecule has 0 spiro atoms. The van der Waals surface area contributed by atoms with Gasteiger partial charge in [0.1, 0.15) is 0 Å². The van der Waals surface area contributed by atoms with Crippen molar-refractivity contribution < 1.29 is 4.74 Å². The highest BCUT2D eigenvalue weighted by atomic mass is 16.5. The number of benzene rings is 1. The molecule has 0 aliphatic rings. The average molecular weight is 242 g/mol. The molecule has 1 atom stereocenters. The maximum absolute atomic E-state index is 5.29. The molecule has 1 aromatic heterocycles. The van der Waals surface area contributed by atoms with Crippen molar-refractivity contribution >= 4 is 5.69 Å². The van der Waals surface area contributed by atoms with E-state index in [0.29, 0.717) is 6.61 Å². The van der Waals surface area contributed by atoms with Gasteiger partial charge in [-0.05, 0) is 24.6 Å². The fourth-order valence-corrected chi connectivity index (χ4v) is 1.90. The standard InChI is InChI=1S/C15H18N2O/c1-12-14(9-6-10-16-12)17-15(11-18-2)13-7-4-3-5-8-13/h3-10,15,17H,11H2,1-2H3. The first-order chi connectivity index (χ1) is 8.81. The zero-order valence-electron chi connectivity index (χ0n) is 10.8. The second-order valence-electron chi connectivity index (χ2n) is 4.20. The van der Waals surface area contributed by atoms with Crippen molar-refractivity contribution in [3.8, 4) is 0 Å². The summed E-state index contributed by atoms with van der Waals surface area (Å²) >= 11 is 0. The van der Waals surface area contributed by atoms with Crippen LogP contribution in [-0.4, -0.2) is 18.7 Å². The van der Waals surface area contributed by atoms with Gasteiger partial charge in [-0.1, -0.05) is 30.3 Å². The summed E-state index contributed by atoms with van der Waals surface area (Å²) in [6.45, 7) is 2.62. The zero-order chi connectivity index (χ0) is 12.8. The Balaban J connectivity index is 2.19. The van der Waals surface area contributed by atoms with E-state index in [2.05, 4.69) is 22.4 Å². The maximum Gasteiger partial charge on any atom is 0.0748 e. The number of ether oxygens (including phenoxy) is 1. The highest BCUT2D eigenvalue weighted by Gasteiger charge is 2.11. The van der Waals surface area contributed by atoms with E-state index in [0.717, 1.165) is 11.4 Å². The number of aryl methyl sites for hydroxylation is 1. The maximum atomic E-state index is 5.29. The van der Waals surface area contributed by atoms with Crippen LogP contribution in [-0.2, 0) is 4.74 Å². The minimum absolute atomic E-state index is 0.138. The lowest BCUT2D eigenvalue weighted by Gasteiger charge is -2.20. The Morgan fingerprint density at radius 2 is 1.94 bits per heavy atom. The van der Waals surface area contributed by atoms with E-state index in [4.69, 9.17) is 4.74 Å². The van der Waals surface area contributed by atoms with Crippen molar-refractivity contribution in [1.29, 1.82) is 0 Å². The monoisotopic (exact) mass is 242 g/mol. The van der Waals surface area contributed by atoms with Crippen LogP contribution in [0.15, 0.2) is 48.7 Å². The smallest absolute Gasteiger partial charge is 0.0748 e. The Morgan fingerprint density at radius 1 is 1.17 bits per heavy atom. The van der Waals surface area contributed by atoms with Crippen LogP contribution in [0, 0.1) is 6.92 Å². The summed E-state index contributed by atoms with van der Waals surface area (Å²) in [6.07, 6.45) is 1.80. The van der Waals surface area contributed by atoms with Crippen LogP contribution in [0.3, 0.4) is 0 Å². The Bertz CT molecular complexity index is 485. The van der Waals surface area contributed by atoms with E-state index in [1.807, 2.05) is 37.3 Å². The van der Waals surface area contributed by atoms with Crippen LogP contribution in [0.1, 0.15) is 17.3 Å². The van der Waals surface area contributed by atoms with Gasteiger partial charge < -0.3 is 10.1 Å². The largest absolute Gasteiger partial charge is 0.382 e. The van der Waals surface area contributed by atoms with E-state index >= 15 is 0 Å². The van der Waals surface area contributed by atoms with Gasteiger partial charge in [0, 0.05) is 13.3 Å². The van der Waals surface area contributed by atoms with Gasteiger partial charge in [-0.15, -0.1) is 0 Å². The van der Waals surface area contributed by atoms with Crippen LogP contribution >= 0.6 is 0 Å². The van der Waals surface area contributed by atoms with Gasteiger partial charge in [0.15, 0.2) is 0 Å². The number of rotatable bonds is 5. The Labute approximate surface area is 108 Å². The highest BCUT2D eigenvalue weighted by molar-refractivity contribution is 5.48. The van der Waals surface area contributed by atoms with E-state index in [9.17, 15) is 0 Å². The zero-order valence-corrected chi connectivity index (χ0v) is 10.8. The van der Waals surface area contributed by atoms with Crippen molar-refractivity contribution in [3.63, 3.8) is 0 Å². The molecule has 0 amide bonds. The van der Waals surface area contributed by atoms with Crippen LogP contribution in [0.4, 0.5) is 5.69 Å². The molecule has 2 aromatic rings. The number of anilines is 1. The molecule has 1 heterocycles. The van der Waals surface area contributed by atoms with Crippen molar-refractivity contribution in [2.75, 3.05) is 19.0 Å². The van der Waals surface area contributed by atoms with Crippen LogP contribution in [0.2, 0.25) is 0 Å². The summed E-state index contributed by atoms with van der Waals surface area (Å²) in [4.78, 5) is 4.28. The molecule has 0 saturated carbocycles. The Morgan fingerprint density at radius 3 is 2.61 bits per heavy atom. The molecule has 1 aromatic carbocycles. The molecule has 1 N–H and O–H groups in total. The fraction of sp³-hybridized carbons (Fsp3) is 0.267. The molecule has 3 heteroatoms. The Kier molecular flexibility index (Phi) is 4.31. The molecule has 94 valence electrons. The number of nitrogens with zero attached hydrogens (tertiary/aromatic N) is 1. The minimum atomic E-state index is 0.138. The second-order valence-corrected chi connectivity index (χ2v) is 4.20. The second kappa shape index (κ2) is 6.17. The molecule has 0 radical (unpaired) electrons. The van der Waals surface area contributed by atoms with E-state index in [1.165, 1.54) is 5.56 Å². The topological polar surface area (TPSA) is 34.1 Å². The third kappa shape index (κ3) is 3.08. The third-order valence-corrected chi connectivity index (χ3v) is 2.87.